The average Bonchev–Trinajstić information content (AvgIpc) is 2.85. The number of para-hydroxylation sites is 1. The number of rotatable bonds is 9. The van der Waals surface area contributed by atoms with Crippen LogP contribution >= 0.6 is 0 Å². The Kier molecular flexibility index (Phi) is 7.63. The molecule has 1 aromatic heterocycles. The molecule has 35 heavy (non-hydrogen) atoms. The smallest absolute Gasteiger partial charge is 0.242 e. The number of nitrogens with one attached hydrogen (secondary N) is 3. The number of hydrogen-bond donors (Lipinski definition) is 3. The maximum absolute atomic E-state index is 12.5. The van der Waals surface area contributed by atoms with Gasteiger partial charge in [0.15, 0.2) is 0 Å². The third-order valence-electron chi connectivity index (χ3n) is 5.61. The van der Waals surface area contributed by atoms with Gasteiger partial charge < -0.3 is 25.2 Å². The first-order valence-corrected chi connectivity index (χ1v) is 12.8. The van der Waals surface area contributed by atoms with Gasteiger partial charge in [-0.25, -0.2) is 23.1 Å². The van der Waals surface area contributed by atoms with Gasteiger partial charge in [-0.1, -0.05) is 19.1 Å². The minimum absolute atomic E-state index is 0.112. The van der Waals surface area contributed by atoms with Gasteiger partial charge in [0.05, 0.1) is 18.5 Å². The summed E-state index contributed by atoms with van der Waals surface area (Å²) in [7, 11) is 0.115. The van der Waals surface area contributed by atoms with Crippen LogP contribution in [0.3, 0.4) is 0 Å². The number of piperazine rings is 1. The summed E-state index contributed by atoms with van der Waals surface area (Å²) in [6.07, 6.45) is 1.36. The number of ether oxygens (including phenoxy) is 1. The van der Waals surface area contributed by atoms with Crippen molar-refractivity contribution in [2.45, 2.75) is 11.8 Å². The third-order valence-corrected chi connectivity index (χ3v) is 7.21. The lowest BCUT2D eigenvalue weighted by atomic mass is 10.2. The first-order chi connectivity index (χ1) is 16.9. The molecule has 186 valence electrons. The largest absolute Gasteiger partial charge is 0.495 e. The van der Waals surface area contributed by atoms with Crippen molar-refractivity contribution in [3.8, 4) is 5.75 Å². The molecule has 3 aromatic rings. The fourth-order valence-corrected chi connectivity index (χ4v) is 5.00. The molecule has 11 nitrogen and oxygen atoms in total. The van der Waals surface area contributed by atoms with E-state index in [-0.39, 0.29) is 17.4 Å². The first-order valence-electron chi connectivity index (χ1n) is 11.3. The van der Waals surface area contributed by atoms with Crippen molar-refractivity contribution >= 4 is 39.0 Å². The van der Waals surface area contributed by atoms with E-state index in [9.17, 15) is 8.42 Å². The van der Waals surface area contributed by atoms with E-state index >= 15 is 0 Å². The van der Waals surface area contributed by atoms with E-state index in [2.05, 4.69) is 47.2 Å². The Bertz CT molecular complexity index is 1260. The first kappa shape index (κ1) is 24.6. The predicted octanol–water partition coefficient (Wildman–Crippen LogP) is 2.42. The summed E-state index contributed by atoms with van der Waals surface area (Å²) in [5, 5.41) is 6.15. The van der Waals surface area contributed by atoms with E-state index in [4.69, 9.17) is 4.74 Å². The zero-order valence-electron chi connectivity index (χ0n) is 20.0. The molecule has 1 fully saturated rings. The molecule has 0 unspecified atom stereocenters. The van der Waals surface area contributed by atoms with Gasteiger partial charge >= 0.3 is 0 Å². The highest BCUT2D eigenvalue weighted by atomic mass is 32.2. The Morgan fingerprint density at radius 3 is 2.43 bits per heavy atom. The minimum Gasteiger partial charge on any atom is -0.495 e. The summed E-state index contributed by atoms with van der Waals surface area (Å²) in [6, 6.07) is 12.5. The van der Waals surface area contributed by atoms with Gasteiger partial charge in [-0.3, -0.25) is 0 Å². The quantitative estimate of drug-likeness (QED) is 0.405. The van der Waals surface area contributed by atoms with Crippen LogP contribution in [0.4, 0.5) is 29.0 Å². The number of anilines is 5. The molecule has 1 aliphatic rings. The van der Waals surface area contributed by atoms with E-state index in [1.807, 2.05) is 18.2 Å². The van der Waals surface area contributed by atoms with Crippen LogP contribution in [-0.2, 0) is 10.0 Å². The van der Waals surface area contributed by atoms with Crippen LogP contribution in [0.15, 0.2) is 53.7 Å². The Morgan fingerprint density at radius 2 is 1.71 bits per heavy atom. The van der Waals surface area contributed by atoms with Crippen molar-refractivity contribution < 1.29 is 13.2 Å². The molecule has 0 atom stereocenters. The normalized spacial score (nSPS) is 14.5. The Balaban J connectivity index is 1.52. The molecule has 4 rings (SSSR count). The van der Waals surface area contributed by atoms with Crippen molar-refractivity contribution in [1.82, 2.24) is 24.6 Å². The molecule has 0 saturated carbocycles. The number of likely N-dealkylation sites (N-methyl/N-ethyl adjacent to an activating group) is 1. The summed E-state index contributed by atoms with van der Waals surface area (Å²) in [5.41, 5.74) is 2.17. The topological polar surface area (TPSA) is 125 Å². The van der Waals surface area contributed by atoms with Crippen molar-refractivity contribution in [2.24, 2.45) is 0 Å². The summed E-state index contributed by atoms with van der Waals surface area (Å²) in [4.78, 5) is 17.5. The molecular weight excluding hydrogens is 468 g/mol. The van der Waals surface area contributed by atoms with E-state index in [0.29, 0.717) is 11.6 Å². The number of nitrogens with zero attached hydrogens (tertiary/aromatic N) is 5. The molecule has 12 heteroatoms. The van der Waals surface area contributed by atoms with E-state index in [1.165, 1.54) is 12.4 Å². The summed E-state index contributed by atoms with van der Waals surface area (Å²) < 4.78 is 33.2. The molecule has 0 spiro atoms. The second kappa shape index (κ2) is 10.8. The number of hydrogen-bond acceptors (Lipinski definition) is 10. The third kappa shape index (κ3) is 5.96. The lowest BCUT2D eigenvalue weighted by Gasteiger charge is -2.34. The molecule has 3 N–H and O–H groups in total. The predicted molar refractivity (Wildman–Crippen MR) is 136 cm³/mol. The number of benzene rings is 2. The maximum atomic E-state index is 12.5. The number of aromatic nitrogens is 3. The van der Waals surface area contributed by atoms with Crippen LogP contribution in [0.25, 0.3) is 0 Å². The van der Waals surface area contributed by atoms with Crippen molar-refractivity contribution in [2.75, 3.05) is 62.4 Å². The molecule has 0 amide bonds. The molecule has 1 aliphatic heterocycles. The average molecular weight is 499 g/mol. The Morgan fingerprint density at radius 1 is 1.00 bits per heavy atom. The van der Waals surface area contributed by atoms with Crippen molar-refractivity contribution in [1.29, 1.82) is 0 Å². The monoisotopic (exact) mass is 498 g/mol. The van der Waals surface area contributed by atoms with Crippen LogP contribution < -0.4 is 25.0 Å². The van der Waals surface area contributed by atoms with Gasteiger partial charge in [0.2, 0.25) is 21.9 Å². The van der Waals surface area contributed by atoms with Crippen LogP contribution in [0.2, 0.25) is 0 Å². The fourth-order valence-electron chi connectivity index (χ4n) is 3.80. The van der Waals surface area contributed by atoms with Gasteiger partial charge in [0, 0.05) is 44.5 Å². The number of methoxy groups -OCH3 is 1. The van der Waals surface area contributed by atoms with Crippen LogP contribution in [-0.4, -0.2) is 75.2 Å². The van der Waals surface area contributed by atoms with Crippen LogP contribution in [0.5, 0.6) is 5.75 Å². The van der Waals surface area contributed by atoms with E-state index < -0.39 is 10.0 Å². The van der Waals surface area contributed by atoms with Crippen molar-refractivity contribution in [3.05, 3.63) is 48.8 Å². The molecular formula is C23H30N8O3S. The summed E-state index contributed by atoms with van der Waals surface area (Å²) >= 11 is 0. The second-order valence-electron chi connectivity index (χ2n) is 8.06. The highest BCUT2D eigenvalue weighted by Gasteiger charge is 2.19. The van der Waals surface area contributed by atoms with Gasteiger partial charge in [-0.05, 0) is 31.3 Å². The molecule has 0 radical (unpaired) electrons. The van der Waals surface area contributed by atoms with Crippen LogP contribution in [0.1, 0.15) is 6.92 Å². The van der Waals surface area contributed by atoms with Gasteiger partial charge in [0.1, 0.15) is 17.0 Å². The lowest BCUT2D eigenvalue weighted by molar-refractivity contribution is 0.311. The van der Waals surface area contributed by atoms with Gasteiger partial charge in [0.25, 0.3) is 0 Å². The highest BCUT2D eigenvalue weighted by molar-refractivity contribution is 7.89. The Labute approximate surface area is 205 Å². The van der Waals surface area contributed by atoms with E-state index in [1.54, 1.807) is 32.2 Å². The molecule has 0 aliphatic carbocycles. The zero-order chi connectivity index (χ0) is 24.8. The molecule has 0 bridgehead atoms. The second-order valence-corrected chi connectivity index (χ2v) is 9.79. The SMILES string of the molecule is CCNS(=O)(=O)c1ccccc1Nc1ncnc(Nc2ccc(N3CCN(C)CC3)c(OC)c2)n1. The van der Waals surface area contributed by atoms with Crippen LogP contribution in [0, 0.1) is 0 Å². The van der Waals surface area contributed by atoms with Gasteiger partial charge in [-0.15, -0.1) is 0 Å². The summed E-state index contributed by atoms with van der Waals surface area (Å²) in [6.45, 7) is 5.89. The number of sulfonamides is 1. The standard InChI is InChI=1S/C23H30N8O3S/c1-4-26-35(32,33)21-8-6-5-7-18(21)28-23-25-16-24-22(29-23)27-17-9-10-19(20(15-17)34-3)31-13-11-30(2)12-14-31/h5-10,15-16,26H,4,11-14H2,1-3H3,(H2,24,25,27,28,29). The highest BCUT2D eigenvalue weighted by Crippen LogP contribution is 2.32. The van der Waals surface area contributed by atoms with Crippen molar-refractivity contribution in [3.63, 3.8) is 0 Å². The zero-order valence-corrected chi connectivity index (χ0v) is 20.8. The van der Waals surface area contributed by atoms with Gasteiger partial charge in [-0.2, -0.15) is 4.98 Å². The minimum atomic E-state index is -3.66. The molecule has 1 saturated heterocycles. The molecule has 2 heterocycles. The lowest BCUT2D eigenvalue weighted by Crippen LogP contribution is -2.44. The molecule has 2 aromatic carbocycles. The van der Waals surface area contributed by atoms with E-state index in [0.717, 1.165) is 43.3 Å². The Hall–Kier alpha value is -3.48. The fraction of sp³-hybridized carbons (Fsp3) is 0.348. The maximum Gasteiger partial charge on any atom is 0.242 e. The summed E-state index contributed by atoms with van der Waals surface area (Å²) in [5.74, 6) is 1.28.